The molecule has 1 aliphatic rings. The molecule has 0 saturated carbocycles. The number of methoxy groups -OCH3 is 2. The maximum absolute atomic E-state index is 12.4. The van der Waals surface area contributed by atoms with Crippen LogP contribution < -0.4 is 20.1 Å². The van der Waals surface area contributed by atoms with Gasteiger partial charge in [-0.25, -0.2) is 0 Å². The molecule has 0 aliphatic heterocycles. The summed E-state index contributed by atoms with van der Waals surface area (Å²) in [7, 11) is 3.08. The highest BCUT2D eigenvalue weighted by atomic mass is 16.5. The third-order valence-corrected chi connectivity index (χ3v) is 5.43. The van der Waals surface area contributed by atoms with Crippen molar-refractivity contribution in [2.45, 2.75) is 38.6 Å². The molecule has 31 heavy (non-hydrogen) atoms. The maximum atomic E-state index is 12.4. The largest absolute Gasteiger partial charge is 0.493 e. The smallest absolute Gasteiger partial charge is 0.251 e. The van der Waals surface area contributed by atoms with Crippen molar-refractivity contribution in [2.24, 2.45) is 0 Å². The van der Waals surface area contributed by atoms with Gasteiger partial charge >= 0.3 is 0 Å². The third-order valence-electron chi connectivity index (χ3n) is 5.43. The molecule has 0 fully saturated rings. The Hall–Kier alpha value is -3.28. The van der Waals surface area contributed by atoms with E-state index in [1.807, 2.05) is 12.1 Å². The van der Waals surface area contributed by atoms with E-state index in [1.54, 1.807) is 37.4 Å². The lowest BCUT2D eigenvalue weighted by Gasteiger charge is -2.13. The first-order valence-electron chi connectivity index (χ1n) is 10.7. The van der Waals surface area contributed by atoms with Crippen molar-refractivity contribution in [1.29, 1.82) is 0 Å². The van der Waals surface area contributed by atoms with Crippen LogP contribution in [0.25, 0.3) is 0 Å². The molecule has 0 bridgehead atoms. The average molecular weight is 423 g/mol. The summed E-state index contributed by atoms with van der Waals surface area (Å²) in [5.74, 6) is 0.797. The van der Waals surface area contributed by atoms with E-state index in [1.165, 1.54) is 25.5 Å². The van der Waals surface area contributed by atoms with Gasteiger partial charge in [0.15, 0.2) is 11.5 Å². The zero-order chi connectivity index (χ0) is 22.1. The van der Waals surface area contributed by atoms with Gasteiger partial charge in [0.05, 0.1) is 14.2 Å². The molecule has 0 saturated heterocycles. The molecule has 1 aliphatic carbocycles. The number of amides is 2. The molecule has 164 valence electrons. The normalized spacial score (nSPS) is 13.2. The van der Waals surface area contributed by atoms with E-state index in [0.29, 0.717) is 35.7 Å². The molecule has 2 amide bonds. The van der Waals surface area contributed by atoms with Gasteiger partial charge in [-0.1, -0.05) is 23.8 Å². The minimum atomic E-state index is -0.209. The number of nitrogens with one attached hydrogen (secondary N) is 2. The minimum absolute atomic E-state index is 0.0719. The summed E-state index contributed by atoms with van der Waals surface area (Å²) in [6.07, 6.45) is 8.07. The van der Waals surface area contributed by atoms with Crippen molar-refractivity contribution in [3.8, 4) is 11.5 Å². The molecule has 0 heterocycles. The lowest BCUT2D eigenvalue weighted by atomic mass is 9.97. The molecule has 6 nitrogen and oxygen atoms in total. The van der Waals surface area contributed by atoms with E-state index >= 15 is 0 Å². The lowest BCUT2D eigenvalue weighted by molar-refractivity contribution is 0.0943. The fraction of sp³-hybridized carbons (Fsp3) is 0.360. The van der Waals surface area contributed by atoms with Gasteiger partial charge in [-0.2, -0.15) is 0 Å². The molecule has 6 heteroatoms. The second-order valence-corrected chi connectivity index (χ2v) is 7.56. The molecule has 0 spiro atoms. The van der Waals surface area contributed by atoms with Crippen molar-refractivity contribution < 1.29 is 19.1 Å². The maximum Gasteiger partial charge on any atom is 0.251 e. The van der Waals surface area contributed by atoms with Crippen LogP contribution in [0.5, 0.6) is 11.5 Å². The zero-order valence-corrected chi connectivity index (χ0v) is 18.2. The van der Waals surface area contributed by atoms with Crippen LogP contribution >= 0.6 is 0 Å². The van der Waals surface area contributed by atoms with Crippen LogP contribution in [0.15, 0.2) is 54.1 Å². The highest BCUT2D eigenvalue weighted by molar-refractivity contribution is 5.95. The van der Waals surface area contributed by atoms with E-state index in [9.17, 15) is 9.59 Å². The quantitative estimate of drug-likeness (QED) is 0.592. The van der Waals surface area contributed by atoms with Crippen LogP contribution in [-0.4, -0.2) is 32.6 Å². The van der Waals surface area contributed by atoms with Crippen LogP contribution in [0.4, 0.5) is 0 Å². The SMILES string of the molecule is COc1ccc(C(=O)NCc2ccc(C(=O)NCCC3=CCCCC3)cc2)cc1OC. The van der Waals surface area contributed by atoms with Gasteiger partial charge in [0, 0.05) is 24.2 Å². The number of carbonyl (C=O) groups is 2. The predicted octanol–water partition coefficient (Wildman–Crippen LogP) is 4.25. The summed E-state index contributed by atoms with van der Waals surface area (Å²) < 4.78 is 10.4. The first-order chi connectivity index (χ1) is 15.1. The molecule has 2 aromatic carbocycles. The number of carbonyl (C=O) groups excluding carboxylic acids is 2. The monoisotopic (exact) mass is 422 g/mol. The minimum Gasteiger partial charge on any atom is -0.493 e. The number of allylic oxidation sites excluding steroid dienone is 1. The second kappa shape index (κ2) is 11.2. The summed E-state index contributed by atoms with van der Waals surface area (Å²) >= 11 is 0. The standard InChI is InChI=1S/C25H30N2O4/c1-30-22-13-12-21(16-23(22)31-2)25(29)27-17-19-8-10-20(11-9-19)24(28)26-15-14-18-6-4-3-5-7-18/h6,8-13,16H,3-5,7,14-15,17H2,1-2H3,(H,26,28)(H,27,29). The molecule has 3 rings (SSSR count). The Balaban J connectivity index is 1.48. The van der Waals surface area contributed by atoms with Crippen molar-refractivity contribution in [1.82, 2.24) is 10.6 Å². The molecule has 0 aromatic heterocycles. The Kier molecular flexibility index (Phi) is 8.10. The average Bonchev–Trinajstić information content (AvgIpc) is 2.83. The summed E-state index contributed by atoms with van der Waals surface area (Å²) in [6, 6.07) is 12.3. The second-order valence-electron chi connectivity index (χ2n) is 7.56. The first kappa shape index (κ1) is 22.4. The van der Waals surface area contributed by atoms with Crippen molar-refractivity contribution in [2.75, 3.05) is 20.8 Å². The Bertz CT molecular complexity index is 935. The topological polar surface area (TPSA) is 76.7 Å². The highest BCUT2D eigenvalue weighted by Gasteiger charge is 2.11. The van der Waals surface area contributed by atoms with E-state index < -0.39 is 0 Å². The molecule has 0 unspecified atom stereocenters. The van der Waals surface area contributed by atoms with Crippen molar-refractivity contribution >= 4 is 11.8 Å². The summed E-state index contributed by atoms with van der Waals surface area (Å²) in [4.78, 5) is 24.8. The number of benzene rings is 2. The number of hydrogen-bond acceptors (Lipinski definition) is 4. The highest BCUT2D eigenvalue weighted by Crippen LogP contribution is 2.27. The van der Waals surface area contributed by atoms with E-state index in [0.717, 1.165) is 24.8 Å². The predicted molar refractivity (Wildman–Crippen MR) is 121 cm³/mol. The summed E-state index contributed by atoms with van der Waals surface area (Å²) in [5, 5.41) is 5.87. The molecule has 0 atom stereocenters. The molecular weight excluding hydrogens is 392 g/mol. The van der Waals surface area contributed by atoms with Gasteiger partial charge in [-0.05, 0) is 68.0 Å². The van der Waals surface area contributed by atoms with Gasteiger partial charge < -0.3 is 20.1 Å². The van der Waals surface area contributed by atoms with Crippen LogP contribution in [0.2, 0.25) is 0 Å². The first-order valence-corrected chi connectivity index (χ1v) is 10.7. The van der Waals surface area contributed by atoms with Gasteiger partial charge in [-0.3, -0.25) is 9.59 Å². The Morgan fingerprint density at radius 2 is 1.58 bits per heavy atom. The third kappa shape index (κ3) is 6.35. The van der Waals surface area contributed by atoms with E-state index in [4.69, 9.17) is 9.47 Å². The molecule has 2 N–H and O–H groups in total. The number of ether oxygens (including phenoxy) is 2. The summed E-state index contributed by atoms with van der Waals surface area (Å²) in [6.45, 7) is 1.02. The van der Waals surface area contributed by atoms with Gasteiger partial charge in [0.1, 0.15) is 0 Å². The van der Waals surface area contributed by atoms with E-state index in [2.05, 4.69) is 16.7 Å². The Labute approximate surface area is 183 Å². The lowest BCUT2D eigenvalue weighted by Crippen LogP contribution is -2.25. The van der Waals surface area contributed by atoms with Crippen LogP contribution in [-0.2, 0) is 6.54 Å². The fourth-order valence-electron chi connectivity index (χ4n) is 3.61. The molecule has 0 radical (unpaired) electrons. The van der Waals surface area contributed by atoms with Crippen LogP contribution in [0.3, 0.4) is 0 Å². The van der Waals surface area contributed by atoms with Crippen molar-refractivity contribution in [3.05, 3.63) is 70.8 Å². The van der Waals surface area contributed by atoms with Gasteiger partial charge in [0.2, 0.25) is 0 Å². The van der Waals surface area contributed by atoms with Gasteiger partial charge in [0.25, 0.3) is 11.8 Å². The Morgan fingerprint density at radius 1 is 0.871 bits per heavy atom. The Morgan fingerprint density at radius 3 is 2.26 bits per heavy atom. The van der Waals surface area contributed by atoms with E-state index in [-0.39, 0.29) is 11.8 Å². The zero-order valence-electron chi connectivity index (χ0n) is 18.2. The molecule has 2 aromatic rings. The van der Waals surface area contributed by atoms with Crippen molar-refractivity contribution in [3.63, 3.8) is 0 Å². The van der Waals surface area contributed by atoms with Crippen LogP contribution in [0.1, 0.15) is 58.4 Å². The number of hydrogen-bond donors (Lipinski definition) is 2. The number of rotatable bonds is 9. The summed E-state index contributed by atoms with van der Waals surface area (Å²) in [5.41, 5.74) is 3.47. The molecular formula is C25H30N2O4. The van der Waals surface area contributed by atoms with Gasteiger partial charge in [-0.15, -0.1) is 0 Å². The fourth-order valence-corrected chi connectivity index (χ4v) is 3.61. The van der Waals surface area contributed by atoms with Crippen LogP contribution in [0, 0.1) is 0 Å².